The van der Waals surface area contributed by atoms with E-state index in [4.69, 9.17) is 27.9 Å². The van der Waals surface area contributed by atoms with Gasteiger partial charge in [0.2, 0.25) is 5.13 Å². The molecule has 0 spiro atoms. The van der Waals surface area contributed by atoms with Crippen molar-refractivity contribution in [2.24, 2.45) is 0 Å². The minimum Gasteiger partial charge on any atom is -0.494 e. The van der Waals surface area contributed by atoms with Crippen molar-refractivity contribution in [3.63, 3.8) is 0 Å². The molecule has 0 fully saturated rings. The summed E-state index contributed by atoms with van der Waals surface area (Å²) in [7, 11) is 1.46. The number of ether oxygens (including phenoxy) is 1. The minimum absolute atomic E-state index is 0.272. The fraction of sp³-hybridized carbons (Fsp3) is 0.182. The van der Waals surface area contributed by atoms with E-state index in [-0.39, 0.29) is 16.0 Å². The molecular weight excluding hydrogens is 309 g/mol. The molecule has 2 aromatic rings. The molecule has 0 saturated carbocycles. The Balaban J connectivity index is 2.24. The maximum Gasteiger partial charge on any atom is 0.257 e. The second-order valence-electron chi connectivity index (χ2n) is 3.55. The van der Waals surface area contributed by atoms with Gasteiger partial charge in [0, 0.05) is 5.56 Å². The van der Waals surface area contributed by atoms with Crippen molar-refractivity contribution in [1.29, 1.82) is 0 Å². The molecule has 100 valence electrons. The maximum atomic E-state index is 12.0. The maximum absolute atomic E-state index is 12.0. The molecule has 0 aliphatic heterocycles. The number of nitrogens with one attached hydrogen (secondary N) is 1. The van der Waals surface area contributed by atoms with Crippen LogP contribution in [0.1, 0.15) is 15.4 Å². The highest BCUT2D eigenvalue weighted by Gasteiger charge is 2.14. The number of anilines is 1. The number of hydrogen-bond donors (Lipinski definition) is 1. The highest BCUT2D eigenvalue weighted by molar-refractivity contribution is 7.15. The molecule has 8 heteroatoms. The summed E-state index contributed by atoms with van der Waals surface area (Å²) in [5.41, 5.74) is 0.323. The molecule has 0 unspecified atom stereocenters. The molecule has 19 heavy (non-hydrogen) atoms. The zero-order chi connectivity index (χ0) is 14.0. The normalized spacial score (nSPS) is 10.3. The van der Waals surface area contributed by atoms with Crippen LogP contribution in [0.3, 0.4) is 0 Å². The van der Waals surface area contributed by atoms with Crippen LogP contribution < -0.4 is 10.1 Å². The summed E-state index contributed by atoms with van der Waals surface area (Å²) in [6.07, 6.45) is 0. The molecule has 0 aliphatic rings. The van der Waals surface area contributed by atoms with Crippen molar-refractivity contribution in [1.82, 2.24) is 10.2 Å². The van der Waals surface area contributed by atoms with Gasteiger partial charge >= 0.3 is 0 Å². The van der Waals surface area contributed by atoms with Crippen LogP contribution in [0.25, 0.3) is 0 Å². The van der Waals surface area contributed by atoms with Gasteiger partial charge in [-0.15, -0.1) is 10.2 Å². The lowest BCUT2D eigenvalue weighted by Gasteiger charge is -2.08. The number of methoxy groups -OCH3 is 1. The Bertz CT molecular complexity index is 607. The highest BCUT2D eigenvalue weighted by Crippen LogP contribution is 2.34. The van der Waals surface area contributed by atoms with E-state index in [0.717, 1.165) is 5.01 Å². The first-order chi connectivity index (χ1) is 9.01. The van der Waals surface area contributed by atoms with E-state index in [9.17, 15) is 4.79 Å². The van der Waals surface area contributed by atoms with Gasteiger partial charge in [-0.3, -0.25) is 10.1 Å². The second kappa shape index (κ2) is 5.73. The average molecular weight is 318 g/mol. The number of benzene rings is 1. The van der Waals surface area contributed by atoms with Gasteiger partial charge in [-0.2, -0.15) is 0 Å². The molecular formula is C11H9Cl2N3O2S. The Morgan fingerprint density at radius 1 is 1.32 bits per heavy atom. The third-order valence-corrected chi connectivity index (χ3v) is 3.53. The largest absolute Gasteiger partial charge is 0.494 e. The van der Waals surface area contributed by atoms with Crippen LogP contribution in [0.4, 0.5) is 5.13 Å². The smallest absolute Gasteiger partial charge is 0.257 e. The van der Waals surface area contributed by atoms with Crippen LogP contribution in [-0.2, 0) is 0 Å². The minimum atomic E-state index is -0.359. The molecule has 2 rings (SSSR count). The first kappa shape index (κ1) is 14.0. The van der Waals surface area contributed by atoms with E-state index < -0.39 is 0 Å². The van der Waals surface area contributed by atoms with Crippen molar-refractivity contribution in [3.8, 4) is 5.75 Å². The summed E-state index contributed by atoms with van der Waals surface area (Å²) in [6, 6.07) is 2.96. The zero-order valence-corrected chi connectivity index (χ0v) is 12.4. The van der Waals surface area contributed by atoms with Crippen LogP contribution >= 0.6 is 34.5 Å². The van der Waals surface area contributed by atoms with Crippen molar-refractivity contribution in [2.75, 3.05) is 12.4 Å². The number of halogens is 2. The summed E-state index contributed by atoms with van der Waals surface area (Å²) in [5, 5.41) is 12.0. The number of aromatic nitrogens is 2. The van der Waals surface area contributed by atoms with Crippen LogP contribution in [-0.4, -0.2) is 23.2 Å². The Morgan fingerprint density at radius 2 is 1.95 bits per heavy atom. The third-order valence-electron chi connectivity index (χ3n) is 2.21. The van der Waals surface area contributed by atoms with Crippen molar-refractivity contribution >= 4 is 45.6 Å². The first-order valence-electron chi connectivity index (χ1n) is 5.15. The van der Waals surface area contributed by atoms with Crippen molar-refractivity contribution in [3.05, 3.63) is 32.7 Å². The number of carbonyl (C=O) groups is 1. The van der Waals surface area contributed by atoms with Crippen LogP contribution in [0, 0.1) is 6.92 Å². The summed E-state index contributed by atoms with van der Waals surface area (Å²) in [5.74, 6) is -0.0192. The summed E-state index contributed by atoms with van der Waals surface area (Å²) in [6.45, 7) is 1.80. The standard InChI is InChI=1S/C11H9Cl2N3O2S/c1-5-15-16-11(19-5)14-10(17)6-3-7(12)9(18-2)8(13)4-6/h3-4H,1-2H3,(H,14,16,17). The lowest BCUT2D eigenvalue weighted by atomic mass is 10.2. The highest BCUT2D eigenvalue weighted by atomic mass is 35.5. The molecule has 1 aromatic carbocycles. The Morgan fingerprint density at radius 3 is 2.42 bits per heavy atom. The van der Waals surface area contributed by atoms with Gasteiger partial charge in [0.15, 0.2) is 5.75 Å². The Hall–Kier alpha value is -1.37. The van der Waals surface area contributed by atoms with E-state index >= 15 is 0 Å². The molecule has 1 heterocycles. The number of hydrogen-bond acceptors (Lipinski definition) is 5. The molecule has 0 saturated heterocycles. The molecule has 5 nitrogen and oxygen atoms in total. The lowest BCUT2D eigenvalue weighted by Crippen LogP contribution is -2.12. The van der Waals surface area contributed by atoms with Crippen LogP contribution in [0.5, 0.6) is 5.75 Å². The van der Waals surface area contributed by atoms with E-state index in [1.54, 1.807) is 6.92 Å². The van der Waals surface area contributed by atoms with E-state index in [2.05, 4.69) is 15.5 Å². The van der Waals surface area contributed by atoms with Crippen LogP contribution in [0.15, 0.2) is 12.1 Å². The Kier molecular flexibility index (Phi) is 4.24. The predicted octanol–water partition coefficient (Wildman–Crippen LogP) is 3.41. The van der Waals surface area contributed by atoms with Gasteiger partial charge < -0.3 is 4.74 Å². The molecule has 1 N–H and O–H groups in total. The van der Waals surface area contributed by atoms with Gasteiger partial charge in [-0.25, -0.2) is 0 Å². The van der Waals surface area contributed by atoms with Gasteiger partial charge in [0.25, 0.3) is 5.91 Å². The monoisotopic (exact) mass is 317 g/mol. The number of carbonyl (C=O) groups excluding carboxylic acids is 1. The number of rotatable bonds is 3. The number of amides is 1. The fourth-order valence-electron chi connectivity index (χ4n) is 1.40. The zero-order valence-electron chi connectivity index (χ0n) is 10.0. The topological polar surface area (TPSA) is 64.1 Å². The van der Waals surface area contributed by atoms with Crippen molar-refractivity contribution < 1.29 is 9.53 Å². The Labute approximate surface area is 123 Å². The third kappa shape index (κ3) is 3.15. The SMILES string of the molecule is COc1c(Cl)cc(C(=O)Nc2nnc(C)s2)cc1Cl. The summed E-state index contributed by atoms with van der Waals surface area (Å²) < 4.78 is 5.02. The lowest BCUT2D eigenvalue weighted by molar-refractivity contribution is 0.102. The second-order valence-corrected chi connectivity index (χ2v) is 5.55. The molecule has 0 bridgehead atoms. The van der Waals surface area contributed by atoms with E-state index in [1.165, 1.54) is 30.6 Å². The number of nitrogens with zero attached hydrogens (tertiary/aromatic N) is 2. The van der Waals surface area contributed by atoms with Gasteiger partial charge in [0.1, 0.15) is 5.01 Å². The van der Waals surface area contributed by atoms with E-state index in [1.807, 2.05) is 0 Å². The van der Waals surface area contributed by atoms with Crippen molar-refractivity contribution in [2.45, 2.75) is 6.92 Å². The van der Waals surface area contributed by atoms with Gasteiger partial charge in [-0.1, -0.05) is 34.5 Å². The molecule has 0 atom stereocenters. The quantitative estimate of drug-likeness (QED) is 0.942. The first-order valence-corrected chi connectivity index (χ1v) is 6.73. The number of aryl methyl sites for hydroxylation is 1. The van der Waals surface area contributed by atoms with Gasteiger partial charge in [0.05, 0.1) is 17.2 Å². The fourth-order valence-corrected chi connectivity index (χ4v) is 2.63. The molecule has 1 amide bonds. The average Bonchev–Trinajstić information content (AvgIpc) is 2.74. The predicted molar refractivity (Wildman–Crippen MR) is 75.6 cm³/mol. The van der Waals surface area contributed by atoms with Gasteiger partial charge in [-0.05, 0) is 19.1 Å². The molecule has 0 radical (unpaired) electrons. The van der Waals surface area contributed by atoms with E-state index in [0.29, 0.717) is 16.4 Å². The molecule has 0 aliphatic carbocycles. The summed E-state index contributed by atoms with van der Waals surface area (Å²) >= 11 is 13.2. The molecule has 1 aromatic heterocycles. The van der Waals surface area contributed by atoms with Crippen LogP contribution in [0.2, 0.25) is 10.0 Å². The summed E-state index contributed by atoms with van der Waals surface area (Å²) in [4.78, 5) is 12.0.